The number of ether oxygens (including phenoxy) is 2. The minimum Gasteiger partial charge on any atom is -0.478 e. The van der Waals surface area contributed by atoms with Gasteiger partial charge in [-0.25, -0.2) is 19.4 Å². The van der Waals surface area contributed by atoms with Crippen molar-refractivity contribution in [2.24, 2.45) is 0 Å². The van der Waals surface area contributed by atoms with Gasteiger partial charge in [0, 0.05) is 10.8 Å². The normalized spacial score (nSPS) is 13.8. The van der Waals surface area contributed by atoms with Crippen LogP contribution in [0.2, 0.25) is 0 Å². The Morgan fingerprint density at radius 3 is 1.17 bits per heavy atom. The Balaban J connectivity index is 1.19. The van der Waals surface area contributed by atoms with E-state index in [1.54, 1.807) is 0 Å². The Kier molecular flexibility index (Phi) is 8.95. The SMILES string of the molecule is O=C(O)c1ccc2c(c1)C(=O)N(c1cc(C(F)(F)F)ccc1Oc1cccc3c(Oc4ccc(C(F)(F)F)cc4N4C(=O)c5ccc(C(=O)O)cc5C4=O)cccc13)C2=O. The first kappa shape index (κ1) is 38.8. The van der Waals surface area contributed by atoms with Crippen molar-refractivity contribution in [1.82, 2.24) is 0 Å². The third-order valence-corrected chi connectivity index (χ3v) is 9.60. The van der Waals surface area contributed by atoms with E-state index in [4.69, 9.17) is 9.47 Å². The van der Waals surface area contributed by atoms with Crippen LogP contribution in [0.15, 0.2) is 109 Å². The zero-order chi connectivity index (χ0) is 43.0. The van der Waals surface area contributed by atoms with Gasteiger partial charge in [-0.15, -0.1) is 0 Å². The molecule has 0 radical (unpaired) electrons. The van der Waals surface area contributed by atoms with E-state index >= 15 is 0 Å². The molecule has 2 aliphatic rings. The maximum Gasteiger partial charge on any atom is 0.416 e. The number of halogens is 6. The molecule has 12 nitrogen and oxygen atoms in total. The number of carboxylic acid groups (broad SMARTS) is 2. The summed E-state index contributed by atoms with van der Waals surface area (Å²) in [5, 5.41) is 19.2. The number of carboxylic acids is 2. The van der Waals surface area contributed by atoms with E-state index in [9.17, 15) is 65.3 Å². The maximum absolute atomic E-state index is 14.0. The maximum atomic E-state index is 14.0. The molecule has 0 saturated carbocycles. The largest absolute Gasteiger partial charge is 0.478 e. The van der Waals surface area contributed by atoms with Crippen LogP contribution in [0.25, 0.3) is 10.8 Å². The lowest BCUT2D eigenvalue weighted by atomic mass is 10.1. The molecule has 2 N–H and O–H groups in total. The molecule has 0 saturated heterocycles. The van der Waals surface area contributed by atoms with Crippen LogP contribution in [0, 0.1) is 0 Å². The van der Waals surface area contributed by atoms with E-state index in [-0.39, 0.29) is 55.7 Å². The second kappa shape index (κ2) is 13.8. The summed E-state index contributed by atoms with van der Waals surface area (Å²) in [5.41, 5.74) is -5.77. The average molecular weight is 827 g/mol. The number of carbonyl (C=O) groups excluding carboxylic acids is 4. The predicted octanol–water partition coefficient (Wildman–Crippen LogP) is 9.46. The topological polar surface area (TPSA) is 168 Å². The second-order valence-corrected chi connectivity index (χ2v) is 13.2. The fourth-order valence-corrected chi connectivity index (χ4v) is 6.76. The molecule has 6 aromatic rings. The van der Waals surface area contributed by atoms with Crippen molar-refractivity contribution in [1.29, 1.82) is 0 Å². The number of hydrogen-bond acceptors (Lipinski definition) is 8. The monoisotopic (exact) mass is 826 g/mol. The van der Waals surface area contributed by atoms with Gasteiger partial charge in [0.1, 0.15) is 11.5 Å². The van der Waals surface area contributed by atoms with Gasteiger partial charge in [0.05, 0.1) is 55.9 Å². The Morgan fingerprint density at radius 2 is 0.817 bits per heavy atom. The lowest BCUT2D eigenvalue weighted by molar-refractivity contribution is -0.138. The zero-order valence-electron chi connectivity index (χ0n) is 29.7. The summed E-state index contributed by atoms with van der Waals surface area (Å²) in [4.78, 5) is 78.1. The summed E-state index contributed by atoms with van der Waals surface area (Å²) in [5.74, 6) is -8.20. The van der Waals surface area contributed by atoms with Crippen LogP contribution in [0.3, 0.4) is 0 Å². The van der Waals surface area contributed by atoms with Crippen LogP contribution in [0.5, 0.6) is 23.0 Å². The van der Waals surface area contributed by atoms with Gasteiger partial charge in [0.25, 0.3) is 23.6 Å². The molecule has 0 aromatic heterocycles. The van der Waals surface area contributed by atoms with E-state index in [2.05, 4.69) is 0 Å². The number of benzene rings is 6. The van der Waals surface area contributed by atoms with Crippen LogP contribution < -0.4 is 19.3 Å². The molecule has 6 aromatic carbocycles. The smallest absolute Gasteiger partial charge is 0.416 e. The van der Waals surface area contributed by atoms with Gasteiger partial charge in [-0.05, 0) is 84.9 Å². The van der Waals surface area contributed by atoms with Crippen LogP contribution >= 0.6 is 0 Å². The van der Waals surface area contributed by atoms with Crippen molar-refractivity contribution in [2.45, 2.75) is 12.4 Å². The molecular formula is C42H20F6N2O10. The van der Waals surface area contributed by atoms with E-state index in [1.807, 2.05) is 0 Å². The highest BCUT2D eigenvalue weighted by Gasteiger charge is 2.42. The van der Waals surface area contributed by atoms with Crippen LogP contribution in [0.4, 0.5) is 37.7 Å². The molecule has 8 rings (SSSR count). The first-order chi connectivity index (χ1) is 28.3. The summed E-state index contributed by atoms with van der Waals surface area (Å²) >= 11 is 0. The third kappa shape index (κ3) is 6.48. The number of aromatic carboxylic acids is 2. The fraction of sp³-hybridized carbons (Fsp3) is 0.0476. The van der Waals surface area contributed by atoms with Crippen molar-refractivity contribution < 1.29 is 74.8 Å². The number of rotatable bonds is 8. The number of carbonyl (C=O) groups is 6. The molecule has 0 bridgehead atoms. The van der Waals surface area contributed by atoms with Gasteiger partial charge < -0.3 is 19.7 Å². The first-order valence-electron chi connectivity index (χ1n) is 17.2. The molecule has 60 heavy (non-hydrogen) atoms. The Bertz CT molecular complexity index is 2730. The number of anilines is 2. The highest BCUT2D eigenvalue weighted by atomic mass is 19.4. The van der Waals surface area contributed by atoms with Crippen LogP contribution in [0.1, 0.15) is 73.3 Å². The summed E-state index contributed by atoms with van der Waals surface area (Å²) in [6.07, 6.45) is -9.89. The predicted molar refractivity (Wildman–Crippen MR) is 196 cm³/mol. The van der Waals surface area contributed by atoms with Crippen LogP contribution in [-0.2, 0) is 12.4 Å². The van der Waals surface area contributed by atoms with E-state index < -0.39 is 81.9 Å². The van der Waals surface area contributed by atoms with Crippen molar-refractivity contribution in [3.8, 4) is 23.0 Å². The van der Waals surface area contributed by atoms with Gasteiger partial charge >= 0.3 is 24.3 Å². The van der Waals surface area contributed by atoms with Gasteiger partial charge in [-0.1, -0.05) is 24.3 Å². The highest BCUT2D eigenvalue weighted by Crippen LogP contribution is 2.46. The van der Waals surface area contributed by atoms with Crippen molar-refractivity contribution >= 4 is 57.7 Å². The van der Waals surface area contributed by atoms with Crippen molar-refractivity contribution in [3.63, 3.8) is 0 Å². The third-order valence-electron chi connectivity index (χ3n) is 9.60. The minimum absolute atomic E-state index is 0.0778. The summed E-state index contributed by atoms with van der Waals surface area (Å²) in [7, 11) is 0. The number of fused-ring (bicyclic) bond motifs is 3. The number of imide groups is 2. The molecule has 18 heteroatoms. The molecule has 0 unspecified atom stereocenters. The van der Waals surface area contributed by atoms with Crippen molar-refractivity contribution in [3.05, 3.63) is 154 Å². The Morgan fingerprint density at radius 1 is 0.450 bits per heavy atom. The number of nitrogens with zero attached hydrogens (tertiary/aromatic N) is 2. The lowest BCUT2D eigenvalue weighted by Crippen LogP contribution is -2.30. The van der Waals surface area contributed by atoms with Gasteiger partial charge in [-0.2, -0.15) is 26.3 Å². The van der Waals surface area contributed by atoms with Gasteiger partial charge in [0.15, 0.2) is 11.5 Å². The summed E-state index contributed by atoms with van der Waals surface area (Å²) in [6.45, 7) is 0. The molecule has 0 spiro atoms. The number of amides is 4. The van der Waals surface area contributed by atoms with Crippen molar-refractivity contribution in [2.75, 3.05) is 9.80 Å². The van der Waals surface area contributed by atoms with Gasteiger partial charge in [0.2, 0.25) is 0 Å². The fourth-order valence-electron chi connectivity index (χ4n) is 6.76. The molecule has 2 aliphatic heterocycles. The number of alkyl halides is 6. The lowest BCUT2D eigenvalue weighted by Gasteiger charge is -2.22. The van der Waals surface area contributed by atoms with E-state index in [1.165, 1.54) is 36.4 Å². The summed E-state index contributed by atoms with van der Waals surface area (Å²) in [6, 6.07) is 18.7. The van der Waals surface area contributed by atoms with Gasteiger partial charge in [-0.3, -0.25) is 19.2 Å². The molecule has 0 atom stereocenters. The Labute approximate surface area is 331 Å². The summed E-state index contributed by atoms with van der Waals surface area (Å²) < 4.78 is 96.1. The molecule has 0 fully saturated rings. The zero-order valence-corrected chi connectivity index (χ0v) is 29.7. The van der Waals surface area contributed by atoms with Crippen LogP contribution in [-0.4, -0.2) is 45.8 Å². The molecule has 4 amide bonds. The molecular weight excluding hydrogens is 806 g/mol. The van der Waals surface area contributed by atoms with E-state index in [0.717, 1.165) is 48.5 Å². The molecule has 300 valence electrons. The Hall–Kier alpha value is -8.02. The number of hydrogen-bond donors (Lipinski definition) is 2. The highest BCUT2D eigenvalue weighted by molar-refractivity contribution is 6.36. The first-order valence-corrected chi connectivity index (χ1v) is 17.2. The second-order valence-electron chi connectivity index (χ2n) is 13.2. The standard InChI is InChI=1S/C42H20F6N2O10/c43-41(44,45)21-9-13-33(29(17-21)49-35(51)25-11-7-19(39(55)56)15-27(25)37(49)53)59-31-5-1-3-23-24(31)4-2-6-32(23)60-34-14-10-22(42(46,47)48)18-30(34)50-36(52)26-12-8-20(40(57)58)16-28(26)38(50)54/h1-18H,(H,55,56)(H,57,58). The molecule has 0 aliphatic carbocycles. The minimum atomic E-state index is -4.94. The quantitative estimate of drug-likeness (QED) is 0.111. The molecule has 2 heterocycles. The average Bonchev–Trinajstić information content (AvgIpc) is 3.60. The van der Waals surface area contributed by atoms with E-state index in [0.29, 0.717) is 34.1 Å².